The SMILES string of the molecule is O=C(O)CCCc1c(-c2ccccc2)[nH]c2ccc(F)cc12. The highest BCUT2D eigenvalue weighted by Crippen LogP contribution is 2.32. The smallest absolute Gasteiger partial charge is 0.303 e. The number of benzene rings is 2. The maximum atomic E-state index is 13.6. The lowest BCUT2D eigenvalue weighted by atomic mass is 10.0. The van der Waals surface area contributed by atoms with Gasteiger partial charge in [-0.15, -0.1) is 0 Å². The first-order chi connectivity index (χ1) is 10.6. The van der Waals surface area contributed by atoms with E-state index in [1.54, 1.807) is 6.07 Å². The van der Waals surface area contributed by atoms with Crippen molar-refractivity contribution in [2.45, 2.75) is 19.3 Å². The minimum Gasteiger partial charge on any atom is -0.481 e. The third-order valence-electron chi connectivity index (χ3n) is 3.75. The molecule has 22 heavy (non-hydrogen) atoms. The van der Waals surface area contributed by atoms with Crippen LogP contribution >= 0.6 is 0 Å². The van der Waals surface area contributed by atoms with Crippen molar-refractivity contribution in [2.75, 3.05) is 0 Å². The first kappa shape index (κ1) is 14.3. The summed E-state index contributed by atoms with van der Waals surface area (Å²) in [6, 6.07) is 14.5. The fourth-order valence-electron chi connectivity index (χ4n) is 2.75. The zero-order chi connectivity index (χ0) is 15.5. The van der Waals surface area contributed by atoms with E-state index in [1.807, 2.05) is 30.3 Å². The second kappa shape index (κ2) is 6.02. The van der Waals surface area contributed by atoms with E-state index in [9.17, 15) is 9.18 Å². The summed E-state index contributed by atoms with van der Waals surface area (Å²) in [5, 5.41) is 9.64. The van der Waals surface area contributed by atoms with Gasteiger partial charge < -0.3 is 10.1 Å². The highest BCUT2D eigenvalue weighted by Gasteiger charge is 2.14. The normalized spacial score (nSPS) is 11.0. The minimum absolute atomic E-state index is 0.107. The van der Waals surface area contributed by atoms with E-state index >= 15 is 0 Å². The monoisotopic (exact) mass is 297 g/mol. The van der Waals surface area contributed by atoms with Crippen LogP contribution in [-0.4, -0.2) is 16.1 Å². The molecule has 0 radical (unpaired) electrons. The molecular weight excluding hydrogens is 281 g/mol. The lowest BCUT2D eigenvalue weighted by molar-refractivity contribution is -0.137. The summed E-state index contributed by atoms with van der Waals surface area (Å²) in [7, 11) is 0. The van der Waals surface area contributed by atoms with Crippen LogP contribution in [0, 0.1) is 5.82 Å². The van der Waals surface area contributed by atoms with Crippen LogP contribution in [0.5, 0.6) is 0 Å². The Bertz CT molecular complexity index is 809. The second-order valence-electron chi connectivity index (χ2n) is 5.28. The Morgan fingerprint density at radius 2 is 1.91 bits per heavy atom. The highest BCUT2D eigenvalue weighted by molar-refractivity contribution is 5.90. The third-order valence-corrected chi connectivity index (χ3v) is 3.75. The second-order valence-corrected chi connectivity index (χ2v) is 5.28. The van der Waals surface area contributed by atoms with Gasteiger partial charge >= 0.3 is 5.97 Å². The van der Waals surface area contributed by atoms with Gasteiger partial charge in [-0.3, -0.25) is 4.79 Å². The molecule has 0 aliphatic rings. The Hall–Kier alpha value is -2.62. The average Bonchev–Trinajstić information content (AvgIpc) is 2.86. The lowest BCUT2D eigenvalue weighted by Gasteiger charge is -2.04. The maximum Gasteiger partial charge on any atom is 0.303 e. The van der Waals surface area contributed by atoms with Crippen LogP contribution < -0.4 is 0 Å². The molecule has 4 heteroatoms. The van der Waals surface area contributed by atoms with Crippen LogP contribution in [0.1, 0.15) is 18.4 Å². The number of halogens is 1. The molecule has 0 unspecified atom stereocenters. The molecule has 0 atom stereocenters. The summed E-state index contributed by atoms with van der Waals surface area (Å²) in [5.41, 5.74) is 3.79. The molecule has 1 aromatic heterocycles. The van der Waals surface area contributed by atoms with Crippen LogP contribution in [0.2, 0.25) is 0 Å². The van der Waals surface area contributed by atoms with Crippen LogP contribution in [0.4, 0.5) is 4.39 Å². The molecule has 0 aliphatic heterocycles. The molecule has 0 saturated carbocycles. The summed E-state index contributed by atoms with van der Waals surface area (Å²) in [6.07, 6.45) is 1.23. The molecule has 0 amide bonds. The van der Waals surface area contributed by atoms with Gasteiger partial charge in [-0.1, -0.05) is 30.3 Å². The number of carboxylic acid groups (broad SMARTS) is 1. The Morgan fingerprint density at radius 1 is 1.14 bits per heavy atom. The van der Waals surface area contributed by atoms with Crippen molar-refractivity contribution in [1.82, 2.24) is 4.98 Å². The van der Waals surface area contributed by atoms with E-state index in [0.29, 0.717) is 12.8 Å². The topological polar surface area (TPSA) is 53.1 Å². The van der Waals surface area contributed by atoms with Gasteiger partial charge in [-0.25, -0.2) is 4.39 Å². The number of H-pyrrole nitrogens is 1. The molecular formula is C18H16FNO2. The van der Waals surface area contributed by atoms with Gasteiger partial charge in [0.15, 0.2) is 0 Å². The molecule has 0 aliphatic carbocycles. The average molecular weight is 297 g/mol. The van der Waals surface area contributed by atoms with Gasteiger partial charge in [0.2, 0.25) is 0 Å². The largest absolute Gasteiger partial charge is 0.481 e. The predicted molar refractivity (Wildman–Crippen MR) is 84.3 cm³/mol. The maximum absolute atomic E-state index is 13.6. The Labute approximate surface area is 127 Å². The van der Waals surface area contributed by atoms with Crippen molar-refractivity contribution in [3.8, 4) is 11.3 Å². The van der Waals surface area contributed by atoms with Gasteiger partial charge in [0.25, 0.3) is 0 Å². The van der Waals surface area contributed by atoms with E-state index in [-0.39, 0.29) is 12.2 Å². The van der Waals surface area contributed by atoms with E-state index in [1.165, 1.54) is 12.1 Å². The van der Waals surface area contributed by atoms with E-state index in [4.69, 9.17) is 5.11 Å². The number of fused-ring (bicyclic) bond motifs is 1. The van der Waals surface area contributed by atoms with Gasteiger partial charge in [0, 0.05) is 23.0 Å². The molecule has 1 heterocycles. The van der Waals surface area contributed by atoms with Crippen LogP contribution in [0.3, 0.4) is 0 Å². The molecule has 3 nitrogen and oxygen atoms in total. The van der Waals surface area contributed by atoms with Gasteiger partial charge in [0.1, 0.15) is 5.82 Å². The standard InChI is InChI=1S/C18H16FNO2/c19-13-9-10-16-15(11-13)14(7-4-8-17(21)22)18(20-16)12-5-2-1-3-6-12/h1-3,5-6,9-11,20H,4,7-8H2,(H,21,22). The van der Waals surface area contributed by atoms with Gasteiger partial charge in [0.05, 0.1) is 0 Å². The van der Waals surface area contributed by atoms with Crippen LogP contribution in [0.15, 0.2) is 48.5 Å². The Kier molecular flexibility index (Phi) is 3.92. The Morgan fingerprint density at radius 3 is 2.64 bits per heavy atom. The molecule has 3 aromatic rings. The van der Waals surface area contributed by atoms with E-state index in [2.05, 4.69) is 4.98 Å². The number of carbonyl (C=O) groups is 1. The summed E-state index contributed by atoms with van der Waals surface area (Å²) in [6.45, 7) is 0. The number of nitrogens with one attached hydrogen (secondary N) is 1. The molecule has 2 aromatic carbocycles. The fraction of sp³-hybridized carbons (Fsp3) is 0.167. The summed E-state index contributed by atoms with van der Waals surface area (Å²) in [5.74, 6) is -1.10. The van der Waals surface area contributed by atoms with Gasteiger partial charge in [-0.05, 0) is 42.2 Å². The first-order valence-electron chi connectivity index (χ1n) is 7.22. The van der Waals surface area contributed by atoms with Crippen molar-refractivity contribution in [1.29, 1.82) is 0 Å². The quantitative estimate of drug-likeness (QED) is 0.734. The van der Waals surface area contributed by atoms with E-state index < -0.39 is 5.97 Å². The highest BCUT2D eigenvalue weighted by atomic mass is 19.1. The van der Waals surface area contributed by atoms with Crippen LogP contribution in [0.25, 0.3) is 22.2 Å². The van der Waals surface area contributed by atoms with Crippen molar-refractivity contribution < 1.29 is 14.3 Å². The number of aromatic nitrogens is 1. The zero-order valence-electron chi connectivity index (χ0n) is 12.0. The van der Waals surface area contributed by atoms with Crippen molar-refractivity contribution in [3.63, 3.8) is 0 Å². The number of rotatable bonds is 5. The summed E-state index contributed by atoms with van der Waals surface area (Å²) in [4.78, 5) is 14.1. The fourth-order valence-corrected chi connectivity index (χ4v) is 2.75. The van der Waals surface area contributed by atoms with Crippen LogP contribution in [-0.2, 0) is 11.2 Å². The molecule has 2 N–H and O–H groups in total. The molecule has 0 fully saturated rings. The molecule has 112 valence electrons. The molecule has 0 bridgehead atoms. The van der Waals surface area contributed by atoms with Crippen molar-refractivity contribution in [3.05, 3.63) is 59.9 Å². The number of aliphatic carboxylic acids is 1. The number of aryl methyl sites for hydroxylation is 1. The zero-order valence-corrected chi connectivity index (χ0v) is 12.0. The first-order valence-corrected chi connectivity index (χ1v) is 7.22. The van der Waals surface area contributed by atoms with E-state index in [0.717, 1.165) is 27.7 Å². The number of aromatic amines is 1. The lowest BCUT2D eigenvalue weighted by Crippen LogP contribution is -1.96. The number of hydrogen-bond acceptors (Lipinski definition) is 1. The minimum atomic E-state index is -0.813. The van der Waals surface area contributed by atoms with Gasteiger partial charge in [-0.2, -0.15) is 0 Å². The van der Waals surface area contributed by atoms with Crippen molar-refractivity contribution >= 4 is 16.9 Å². The Balaban J connectivity index is 2.07. The number of carboxylic acids is 1. The molecule has 0 saturated heterocycles. The summed E-state index contributed by atoms with van der Waals surface area (Å²) < 4.78 is 13.6. The predicted octanol–water partition coefficient (Wildman–Crippen LogP) is 4.38. The molecule has 3 rings (SSSR count). The summed E-state index contributed by atoms with van der Waals surface area (Å²) >= 11 is 0. The van der Waals surface area contributed by atoms with Crippen molar-refractivity contribution in [2.24, 2.45) is 0 Å². The third kappa shape index (κ3) is 2.86. The number of hydrogen-bond donors (Lipinski definition) is 2. The molecule has 0 spiro atoms.